The van der Waals surface area contributed by atoms with Crippen molar-refractivity contribution in [3.05, 3.63) is 83.6 Å². The van der Waals surface area contributed by atoms with E-state index in [0.717, 1.165) is 5.56 Å². The van der Waals surface area contributed by atoms with Gasteiger partial charge in [0.2, 0.25) is 5.88 Å². The summed E-state index contributed by atoms with van der Waals surface area (Å²) in [5.74, 6) is -0.238. The minimum atomic E-state index is -0.454. The summed E-state index contributed by atoms with van der Waals surface area (Å²) >= 11 is 0. The molecule has 4 rings (SSSR count). The molecular formula is C20H15F2N3O2. The van der Waals surface area contributed by atoms with Crippen LogP contribution in [0.1, 0.15) is 15.9 Å². The number of ether oxygens (including phenoxy) is 1. The average molecular weight is 367 g/mol. The Balaban J connectivity index is 1.54. The molecule has 5 nitrogen and oxygen atoms in total. The van der Waals surface area contributed by atoms with Crippen LogP contribution in [0.2, 0.25) is 0 Å². The van der Waals surface area contributed by atoms with Crippen LogP contribution >= 0.6 is 0 Å². The summed E-state index contributed by atoms with van der Waals surface area (Å²) in [6.07, 6.45) is 1.61. The zero-order valence-corrected chi connectivity index (χ0v) is 14.2. The third-order valence-corrected chi connectivity index (χ3v) is 4.18. The molecule has 0 saturated carbocycles. The first kappa shape index (κ1) is 17.0. The van der Waals surface area contributed by atoms with Gasteiger partial charge in [0.05, 0.1) is 17.9 Å². The lowest BCUT2D eigenvalue weighted by Crippen LogP contribution is -2.43. The predicted octanol–water partition coefficient (Wildman–Crippen LogP) is 3.86. The highest BCUT2D eigenvalue weighted by Gasteiger charge is 2.23. The van der Waals surface area contributed by atoms with Crippen molar-refractivity contribution in [2.24, 2.45) is 0 Å². The molecule has 1 aromatic heterocycles. The summed E-state index contributed by atoms with van der Waals surface area (Å²) in [5.41, 5.74) is 1.87. The normalized spacial score (nSPS) is 13.1. The molecule has 7 heteroatoms. The molecule has 0 atom stereocenters. The molecule has 136 valence electrons. The van der Waals surface area contributed by atoms with E-state index < -0.39 is 5.82 Å². The summed E-state index contributed by atoms with van der Waals surface area (Å²) < 4.78 is 32.1. The Hall–Kier alpha value is -3.48. The van der Waals surface area contributed by atoms with Gasteiger partial charge in [0, 0.05) is 18.8 Å². The quantitative estimate of drug-likeness (QED) is 0.761. The van der Waals surface area contributed by atoms with Gasteiger partial charge in [0.25, 0.3) is 5.91 Å². The minimum absolute atomic E-state index is 0.296. The van der Waals surface area contributed by atoms with E-state index in [1.807, 2.05) is 11.0 Å². The first-order valence-corrected chi connectivity index (χ1v) is 8.29. The van der Waals surface area contributed by atoms with E-state index in [9.17, 15) is 13.6 Å². The van der Waals surface area contributed by atoms with Gasteiger partial charge in [0.15, 0.2) is 0 Å². The van der Waals surface area contributed by atoms with Crippen molar-refractivity contribution in [1.82, 2.24) is 10.3 Å². The average Bonchev–Trinajstić information content (AvgIpc) is 2.66. The van der Waals surface area contributed by atoms with Crippen molar-refractivity contribution in [2.75, 3.05) is 11.6 Å². The fourth-order valence-electron chi connectivity index (χ4n) is 2.90. The molecule has 27 heavy (non-hydrogen) atoms. The van der Waals surface area contributed by atoms with Gasteiger partial charge in [0.1, 0.15) is 17.4 Å². The number of rotatable bonds is 4. The lowest BCUT2D eigenvalue weighted by Gasteiger charge is -2.31. The second-order valence-corrected chi connectivity index (χ2v) is 6.08. The predicted molar refractivity (Wildman–Crippen MR) is 95.6 cm³/mol. The molecule has 0 radical (unpaired) electrons. The second-order valence-electron chi connectivity index (χ2n) is 6.08. The molecule has 0 bridgehead atoms. The summed E-state index contributed by atoms with van der Waals surface area (Å²) in [5, 5.41) is 2.73. The number of benzene rings is 2. The second kappa shape index (κ2) is 7.03. The molecule has 1 amide bonds. The van der Waals surface area contributed by atoms with Crippen molar-refractivity contribution in [1.29, 1.82) is 0 Å². The van der Waals surface area contributed by atoms with E-state index in [-0.39, 0.29) is 11.7 Å². The van der Waals surface area contributed by atoms with Crippen molar-refractivity contribution in [3.8, 4) is 11.6 Å². The van der Waals surface area contributed by atoms with Crippen LogP contribution in [-0.2, 0) is 6.54 Å². The molecule has 2 heterocycles. The Morgan fingerprint density at radius 1 is 1.04 bits per heavy atom. The molecule has 1 N–H and O–H groups in total. The number of nitrogens with one attached hydrogen (secondary N) is 1. The maximum Gasteiger partial charge on any atom is 0.254 e. The summed E-state index contributed by atoms with van der Waals surface area (Å²) in [6.45, 7) is 0.787. The number of nitrogens with zero attached hydrogens (tertiary/aromatic N) is 2. The Labute approximate surface area is 154 Å². The van der Waals surface area contributed by atoms with Gasteiger partial charge in [-0.15, -0.1) is 0 Å². The molecule has 1 aliphatic rings. The van der Waals surface area contributed by atoms with Gasteiger partial charge in [-0.05, 0) is 54.1 Å². The topological polar surface area (TPSA) is 54.5 Å². The number of pyridine rings is 1. The molecule has 0 aliphatic carbocycles. The number of halogens is 2. The van der Waals surface area contributed by atoms with Gasteiger partial charge in [-0.1, -0.05) is 0 Å². The lowest BCUT2D eigenvalue weighted by atomic mass is 10.1. The first-order valence-electron chi connectivity index (χ1n) is 8.29. The third-order valence-electron chi connectivity index (χ3n) is 4.18. The van der Waals surface area contributed by atoms with Crippen LogP contribution in [-0.4, -0.2) is 17.6 Å². The van der Waals surface area contributed by atoms with Gasteiger partial charge in [-0.3, -0.25) is 4.79 Å². The molecular weight excluding hydrogens is 352 g/mol. The molecule has 0 spiro atoms. The van der Waals surface area contributed by atoms with Crippen LogP contribution < -0.4 is 15.0 Å². The maximum atomic E-state index is 13.5. The minimum Gasteiger partial charge on any atom is -0.439 e. The number of anilines is 1. The smallest absolute Gasteiger partial charge is 0.254 e. The highest BCUT2D eigenvalue weighted by atomic mass is 19.1. The third kappa shape index (κ3) is 3.72. The van der Waals surface area contributed by atoms with E-state index in [1.165, 1.54) is 36.4 Å². The molecule has 0 saturated heterocycles. The van der Waals surface area contributed by atoms with Crippen molar-refractivity contribution < 1.29 is 18.3 Å². The van der Waals surface area contributed by atoms with E-state index in [0.29, 0.717) is 36.1 Å². The zero-order valence-electron chi connectivity index (χ0n) is 14.2. The fourth-order valence-corrected chi connectivity index (χ4v) is 2.90. The highest BCUT2D eigenvalue weighted by molar-refractivity contribution is 6.01. The largest absolute Gasteiger partial charge is 0.439 e. The number of carbonyl (C=O) groups excluding carboxylic acids is 1. The number of aromatic nitrogens is 1. The van der Waals surface area contributed by atoms with E-state index in [2.05, 4.69) is 10.3 Å². The van der Waals surface area contributed by atoms with Crippen molar-refractivity contribution in [3.63, 3.8) is 0 Å². The molecule has 2 aromatic carbocycles. The van der Waals surface area contributed by atoms with Crippen LogP contribution in [0.3, 0.4) is 0 Å². The fraction of sp³-hybridized carbons (Fsp3) is 0.100. The van der Waals surface area contributed by atoms with E-state index in [1.54, 1.807) is 18.3 Å². The van der Waals surface area contributed by atoms with Crippen LogP contribution in [0.15, 0.2) is 60.8 Å². The van der Waals surface area contributed by atoms with E-state index in [4.69, 9.17) is 4.74 Å². The number of hydrogen-bond acceptors (Lipinski definition) is 4. The van der Waals surface area contributed by atoms with Crippen molar-refractivity contribution in [2.45, 2.75) is 6.54 Å². The van der Waals surface area contributed by atoms with Crippen molar-refractivity contribution >= 4 is 11.6 Å². The maximum absolute atomic E-state index is 13.5. The Bertz CT molecular complexity index is 993. The standard InChI is InChI=1S/C20H15F2N3O2/c21-14-1-4-16(5-2-14)27-19-9-13(7-8-23-19)11-25-12-24-20(26)17-10-15(22)3-6-18(17)25/h1-10H,11-12H2,(H,24,26). The zero-order chi connectivity index (χ0) is 18.8. The van der Waals surface area contributed by atoms with E-state index >= 15 is 0 Å². The molecule has 0 unspecified atom stereocenters. The summed E-state index contributed by atoms with van der Waals surface area (Å²) in [7, 11) is 0. The Morgan fingerprint density at radius 2 is 1.81 bits per heavy atom. The van der Waals surface area contributed by atoms with Crippen LogP contribution in [0.4, 0.5) is 14.5 Å². The molecule has 3 aromatic rings. The lowest BCUT2D eigenvalue weighted by molar-refractivity contribution is 0.0947. The van der Waals surface area contributed by atoms with Crippen LogP contribution in [0, 0.1) is 11.6 Å². The number of amides is 1. The highest BCUT2D eigenvalue weighted by Crippen LogP contribution is 2.27. The van der Waals surface area contributed by atoms with Gasteiger partial charge < -0.3 is 15.0 Å². The first-order chi connectivity index (χ1) is 13.1. The molecule has 0 fully saturated rings. The van der Waals surface area contributed by atoms with Gasteiger partial charge in [-0.2, -0.15) is 0 Å². The number of carbonyl (C=O) groups is 1. The van der Waals surface area contributed by atoms with Gasteiger partial charge in [-0.25, -0.2) is 13.8 Å². The Morgan fingerprint density at radius 3 is 2.63 bits per heavy atom. The van der Waals surface area contributed by atoms with Crippen LogP contribution in [0.5, 0.6) is 11.6 Å². The monoisotopic (exact) mass is 367 g/mol. The van der Waals surface area contributed by atoms with Gasteiger partial charge >= 0.3 is 0 Å². The van der Waals surface area contributed by atoms with Crippen LogP contribution in [0.25, 0.3) is 0 Å². The molecule has 1 aliphatic heterocycles. The number of hydrogen-bond donors (Lipinski definition) is 1. The summed E-state index contributed by atoms with van der Waals surface area (Å²) in [4.78, 5) is 18.0. The summed E-state index contributed by atoms with van der Waals surface area (Å²) in [6, 6.07) is 13.4. The SMILES string of the molecule is O=C1NCN(Cc2ccnc(Oc3ccc(F)cc3)c2)c2ccc(F)cc21. The number of fused-ring (bicyclic) bond motifs is 1. The Kier molecular flexibility index (Phi) is 4.42.